The minimum Gasteiger partial charge on any atom is -0.444 e. The van der Waals surface area contributed by atoms with Gasteiger partial charge in [-0.1, -0.05) is 53.5 Å². The Balaban J connectivity index is 0.000000164. The van der Waals surface area contributed by atoms with Crippen LogP contribution in [0, 0.1) is 30.3 Å². The number of rotatable bonds is 16. The van der Waals surface area contributed by atoms with Crippen molar-refractivity contribution in [3.05, 3.63) is 206 Å². The first-order valence-electron chi connectivity index (χ1n) is 24.9. The molecule has 10 rings (SSSR count). The summed E-state index contributed by atoms with van der Waals surface area (Å²) in [6.45, 7) is 1.17. The molecule has 2 aromatic heterocycles. The summed E-state index contributed by atoms with van der Waals surface area (Å²) in [5, 5.41) is 48.4. The number of anilines is 5. The minimum absolute atomic E-state index is 0.0341. The Morgan fingerprint density at radius 1 is 0.565 bits per heavy atom. The molecule has 442 valence electrons. The maximum Gasteiger partial charge on any atom is 0.414 e. The normalized spacial score (nSPS) is 15.7. The molecule has 31 heteroatoms. The SMILES string of the molecule is Nc1ccc(N2C[C@H](CNC(=O)c3ccc(Cl)s3)OC2=O)cc1.O=C(NC[C@H]1CN(c2ccc([N+](=O)[O-])cc2)C(=O)O1)c1ccc(Cl)s1.O=C(Nc1ccc([N+](=O)[O-])cc1)OCc1ccccc1.O=C1O[C@@H](CO)CN1c1ccc([N+](=O)[O-])cc1. The number of nitrogens with zero attached hydrogens (tertiary/aromatic N) is 6. The third-order valence-corrected chi connectivity index (χ3v) is 14.3. The van der Waals surface area contributed by atoms with Crippen molar-refractivity contribution in [2.75, 3.05) is 65.1 Å². The standard InChI is InChI=1S/C15H12ClN3O5S.C15H14ClN3O3S.C14H12N2O4.C10H10N2O5/c16-13-6-5-12(25-13)14(20)17-7-11-8-18(15(21)24-11)9-1-3-10(4-2-9)19(22)23;16-13-6-5-12(23-13)14(20)18-7-11-8-19(15(21)22-11)10-3-1-9(17)2-4-10;17-14(20-10-11-4-2-1-3-5-11)15-12-6-8-13(9-7-12)16(18)19;13-6-9-5-11(10(14)17-9)7-1-3-8(4-2-7)12(15)16/h1-6,11H,7-8H2,(H,17,20);1-6,11H,7-8,17H2,(H,18,20);1-9H,10H2,(H,15,17);1-4,9,13H,5-6H2/t2*11-;;9-/m00.1/s1. The molecule has 6 amide bonds. The van der Waals surface area contributed by atoms with Gasteiger partial charge in [-0.15, -0.1) is 22.7 Å². The second kappa shape index (κ2) is 29.9. The highest BCUT2D eigenvalue weighted by Gasteiger charge is 2.35. The summed E-state index contributed by atoms with van der Waals surface area (Å²) < 4.78 is 21.4. The van der Waals surface area contributed by atoms with E-state index in [1.165, 1.54) is 98.8 Å². The van der Waals surface area contributed by atoms with E-state index in [0.29, 0.717) is 53.4 Å². The molecule has 27 nitrogen and oxygen atoms in total. The highest BCUT2D eigenvalue weighted by atomic mass is 35.5. The van der Waals surface area contributed by atoms with Crippen LogP contribution in [0.25, 0.3) is 0 Å². The van der Waals surface area contributed by atoms with Crippen molar-refractivity contribution in [3.8, 4) is 0 Å². The molecule has 0 bridgehead atoms. The van der Waals surface area contributed by atoms with Gasteiger partial charge in [-0.2, -0.15) is 0 Å². The molecule has 0 saturated carbocycles. The van der Waals surface area contributed by atoms with Crippen molar-refractivity contribution in [2.24, 2.45) is 0 Å². The van der Waals surface area contributed by atoms with Crippen LogP contribution < -0.4 is 36.4 Å². The zero-order valence-corrected chi connectivity index (χ0v) is 47.1. The van der Waals surface area contributed by atoms with E-state index in [2.05, 4.69) is 16.0 Å². The Bertz CT molecular complexity index is 3510. The van der Waals surface area contributed by atoms with Crippen molar-refractivity contribution in [3.63, 3.8) is 0 Å². The molecule has 0 unspecified atom stereocenters. The number of cyclic esters (lactones) is 3. The second-order valence-corrected chi connectivity index (χ2v) is 21.2. The van der Waals surface area contributed by atoms with Crippen LogP contribution in [0.2, 0.25) is 8.67 Å². The third kappa shape index (κ3) is 18.3. The summed E-state index contributed by atoms with van der Waals surface area (Å²) in [6.07, 6.45) is -3.62. The molecule has 3 saturated heterocycles. The number of halogens is 2. The molecule has 0 aliphatic carbocycles. The number of hydrogen-bond acceptors (Lipinski definition) is 20. The summed E-state index contributed by atoms with van der Waals surface area (Å²) in [5.74, 6) is -0.523. The lowest BCUT2D eigenvalue weighted by Crippen LogP contribution is -2.34. The Hall–Kier alpha value is -9.94. The Morgan fingerprint density at radius 3 is 1.31 bits per heavy atom. The van der Waals surface area contributed by atoms with E-state index in [9.17, 15) is 59.1 Å². The van der Waals surface area contributed by atoms with Crippen LogP contribution in [0.5, 0.6) is 0 Å². The predicted octanol–water partition coefficient (Wildman–Crippen LogP) is 10.1. The highest BCUT2D eigenvalue weighted by Crippen LogP contribution is 2.28. The van der Waals surface area contributed by atoms with E-state index in [0.717, 1.165) is 16.9 Å². The highest BCUT2D eigenvalue weighted by molar-refractivity contribution is 7.18. The fourth-order valence-electron chi connectivity index (χ4n) is 7.67. The van der Waals surface area contributed by atoms with Gasteiger partial charge in [0, 0.05) is 64.8 Å². The molecule has 0 spiro atoms. The van der Waals surface area contributed by atoms with Gasteiger partial charge in [-0.3, -0.25) is 59.9 Å². The molecule has 85 heavy (non-hydrogen) atoms. The smallest absolute Gasteiger partial charge is 0.414 e. The Kier molecular flexibility index (Phi) is 22.0. The molecule has 6 N–H and O–H groups in total. The maximum absolute atomic E-state index is 12.0. The number of nitro groups is 3. The lowest BCUT2D eigenvalue weighted by Gasteiger charge is -2.13. The maximum atomic E-state index is 12.0. The number of aliphatic hydroxyl groups is 1. The van der Waals surface area contributed by atoms with Gasteiger partial charge in [0.2, 0.25) is 0 Å². The number of nitrogen functional groups attached to an aromatic ring is 1. The van der Waals surface area contributed by atoms with Gasteiger partial charge in [0.05, 0.1) is 72.5 Å². The Morgan fingerprint density at radius 2 is 0.941 bits per heavy atom. The number of nitro benzene ring substituents is 3. The molecule has 0 radical (unpaired) electrons. The van der Waals surface area contributed by atoms with Gasteiger partial charge in [0.15, 0.2) is 0 Å². The van der Waals surface area contributed by atoms with Crippen LogP contribution >= 0.6 is 45.9 Å². The predicted molar refractivity (Wildman–Crippen MR) is 314 cm³/mol. The first-order chi connectivity index (χ1) is 40.7. The number of nitrogens with one attached hydrogen (secondary N) is 3. The minimum atomic E-state index is -0.609. The molecule has 3 aliphatic rings. The van der Waals surface area contributed by atoms with Gasteiger partial charge in [0.1, 0.15) is 24.9 Å². The van der Waals surface area contributed by atoms with E-state index in [-0.39, 0.29) is 68.3 Å². The van der Waals surface area contributed by atoms with Gasteiger partial charge < -0.3 is 40.4 Å². The van der Waals surface area contributed by atoms with Crippen molar-refractivity contribution < 1.29 is 67.6 Å². The number of ether oxygens (including phenoxy) is 4. The second-order valence-electron chi connectivity index (χ2n) is 17.8. The van der Waals surface area contributed by atoms with Crippen LogP contribution in [-0.4, -0.2) is 114 Å². The van der Waals surface area contributed by atoms with Crippen LogP contribution in [0.3, 0.4) is 0 Å². The molecule has 3 fully saturated rings. The van der Waals surface area contributed by atoms with Crippen LogP contribution in [0.15, 0.2) is 152 Å². The van der Waals surface area contributed by atoms with Crippen molar-refractivity contribution in [2.45, 2.75) is 24.9 Å². The monoisotopic (exact) mass is 1240 g/mol. The van der Waals surface area contributed by atoms with Crippen molar-refractivity contribution in [1.29, 1.82) is 0 Å². The van der Waals surface area contributed by atoms with Gasteiger partial charge in [0.25, 0.3) is 28.9 Å². The molecule has 5 aromatic carbocycles. The van der Waals surface area contributed by atoms with Gasteiger partial charge >= 0.3 is 24.4 Å². The summed E-state index contributed by atoms with van der Waals surface area (Å²) >= 11 is 14.0. The number of benzene rings is 5. The number of aliphatic hydroxyl groups excluding tert-OH is 1. The lowest BCUT2D eigenvalue weighted by atomic mass is 10.2. The molecular weight excluding hydrogens is 1200 g/mol. The molecule has 7 aromatic rings. The molecule has 3 atom stereocenters. The zero-order chi connectivity index (χ0) is 61.2. The fraction of sp³-hybridized carbons (Fsp3) is 0.185. The topological polar surface area (TPSA) is 361 Å². The number of carbonyl (C=O) groups excluding carboxylic acids is 6. The van der Waals surface area contributed by atoms with Gasteiger partial charge in [-0.05, 0) is 90.5 Å². The first-order valence-corrected chi connectivity index (χ1v) is 27.3. The number of nitrogens with two attached hydrogens (primary N) is 1. The number of amides is 6. The Labute approximate surface area is 499 Å². The average molecular weight is 1240 g/mol. The number of carbonyl (C=O) groups is 6. The number of non-ortho nitro benzene ring substituents is 3. The first kappa shape index (κ1) is 62.7. The quantitative estimate of drug-likeness (QED) is 0.0260. The van der Waals surface area contributed by atoms with Crippen LogP contribution in [0.4, 0.5) is 64.7 Å². The van der Waals surface area contributed by atoms with Crippen molar-refractivity contribution >= 4 is 128 Å². The van der Waals surface area contributed by atoms with Crippen molar-refractivity contribution in [1.82, 2.24) is 10.6 Å². The lowest BCUT2D eigenvalue weighted by molar-refractivity contribution is -0.385. The van der Waals surface area contributed by atoms with E-state index in [4.69, 9.17) is 53.0 Å². The largest absolute Gasteiger partial charge is 0.444 e. The summed E-state index contributed by atoms with van der Waals surface area (Å²) in [5.41, 5.74) is 9.16. The van der Waals surface area contributed by atoms with E-state index in [1.54, 1.807) is 48.5 Å². The van der Waals surface area contributed by atoms with Gasteiger partial charge in [-0.25, -0.2) is 19.2 Å². The van der Waals surface area contributed by atoms with Crippen LogP contribution in [0.1, 0.15) is 24.9 Å². The van der Waals surface area contributed by atoms with E-state index < -0.39 is 57.5 Å². The number of thiophene rings is 2. The molecule has 5 heterocycles. The summed E-state index contributed by atoms with van der Waals surface area (Å²) in [4.78, 5) is 106. The zero-order valence-electron chi connectivity index (χ0n) is 43.9. The van der Waals surface area contributed by atoms with Crippen LogP contribution in [-0.2, 0) is 25.6 Å². The molecular formula is C54H48Cl2N10O17S2. The summed E-state index contributed by atoms with van der Waals surface area (Å²) in [7, 11) is 0. The third-order valence-electron chi connectivity index (χ3n) is 11.9. The van der Waals surface area contributed by atoms with E-state index in [1.807, 2.05) is 30.3 Å². The summed E-state index contributed by atoms with van der Waals surface area (Å²) in [6, 6.07) is 39.5. The number of hydrogen-bond donors (Lipinski definition) is 5. The van der Waals surface area contributed by atoms with E-state index >= 15 is 0 Å². The fourth-order valence-corrected chi connectivity index (χ4v) is 9.59. The molecule has 3 aliphatic heterocycles. The average Bonchev–Trinajstić information content (AvgIpc) is 3.70.